The van der Waals surface area contributed by atoms with Crippen LogP contribution in [0.3, 0.4) is 0 Å². The van der Waals surface area contributed by atoms with Crippen molar-refractivity contribution in [2.24, 2.45) is 0 Å². The van der Waals surface area contributed by atoms with Crippen LogP contribution in [-0.4, -0.2) is 29.1 Å². The lowest BCUT2D eigenvalue weighted by Crippen LogP contribution is -2.42. The average Bonchev–Trinajstić information content (AvgIpc) is 3.20. The summed E-state index contributed by atoms with van der Waals surface area (Å²) < 4.78 is 23.7. The Labute approximate surface area is 159 Å². The molecule has 0 saturated carbocycles. The molecule has 144 valence electrons. The van der Waals surface area contributed by atoms with Crippen LogP contribution >= 0.6 is 0 Å². The fourth-order valence-electron chi connectivity index (χ4n) is 2.34. The van der Waals surface area contributed by atoms with Gasteiger partial charge in [-0.05, 0) is 36.4 Å². The first-order valence-corrected chi connectivity index (χ1v) is 8.37. The molecule has 2 amide bonds. The first-order valence-electron chi connectivity index (χ1n) is 8.37. The Hall–Kier alpha value is -3.75. The highest BCUT2D eigenvalue weighted by Crippen LogP contribution is 2.19. The SMILES string of the molecule is COc1ccc(-c2noc(CCC(=O)NNC(=O)c3ccccc3F)n2)cc1. The number of carbonyl (C=O) groups is 2. The standard InChI is InChI=1S/C19H17FN4O4/c1-27-13-8-6-12(7-9-13)18-21-17(28-24-18)11-10-16(25)22-23-19(26)14-4-2-3-5-15(14)20/h2-9H,10-11H2,1H3,(H,22,25)(H,23,26). The van der Waals surface area contributed by atoms with Gasteiger partial charge in [0.15, 0.2) is 0 Å². The lowest BCUT2D eigenvalue weighted by molar-refractivity contribution is -0.121. The van der Waals surface area contributed by atoms with E-state index in [-0.39, 0.29) is 24.3 Å². The molecule has 1 aromatic heterocycles. The number of methoxy groups -OCH3 is 1. The quantitative estimate of drug-likeness (QED) is 0.632. The highest BCUT2D eigenvalue weighted by Gasteiger charge is 2.13. The molecule has 0 aliphatic carbocycles. The Morgan fingerprint density at radius 3 is 2.57 bits per heavy atom. The van der Waals surface area contributed by atoms with Crippen molar-refractivity contribution in [1.82, 2.24) is 21.0 Å². The molecule has 0 aliphatic heterocycles. The van der Waals surface area contributed by atoms with Gasteiger partial charge in [0.05, 0.1) is 12.7 Å². The van der Waals surface area contributed by atoms with E-state index >= 15 is 0 Å². The number of rotatable bonds is 6. The van der Waals surface area contributed by atoms with E-state index < -0.39 is 17.6 Å². The number of amides is 2. The van der Waals surface area contributed by atoms with Crippen LogP contribution in [0.4, 0.5) is 4.39 Å². The minimum Gasteiger partial charge on any atom is -0.497 e. The van der Waals surface area contributed by atoms with E-state index in [1.54, 1.807) is 31.4 Å². The maximum atomic E-state index is 13.5. The third kappa shape index (κ3) is 4.70. The zero-order valence-corrected chi connectivity index (χ0v) is 14.9. The smallest absolute Gasteiger partial charge is 0.272 e. The topological polar surface area (TPSA) is 106 Å². The predicted octanol–water partition coefficient (Wildman–Crippen LogP) is 2.28. The average molecular weight is 384 g/mol. The Kier molecular flexibility index (Phi) is 5.95. The van der Waals surface area contributed by atoms with Gasteiger partial charge in [-0.15, -0.1) is 0 Å². The number of hydrogen-bond acceptors (Lipinski definition) is 6. The molecule has 3 rings (SSSR count). The molecule has 2 aromatic carbocycles. The van der Waals surface area contributed by atoms with Crippen LogP contribution in [0.25, 0.3) is 11.4 Å². The van der Waals surface area contributed by atoms with Crippen molar-refractivity contribution in [2.75, 3.05) is 7.11 Å². The van der Waals surface area contributed by atoms with Crippen LogP contribution in [0, 0.1) is 5.82 Å². The van der Waals surface area contributed by atoms with Crippen molar-refractivity contribution in [3.63, 3.8) is 0 Å². The second-order valence-corrected chi connectivity index (χ2v) is 5.72. The number of nitrogens with zero attached hydrogens (tertiary/aromatic N) is 2. The minimum atomic E-state index is -0.744. The summed E-state index contributed by atoms with van der Waals surface area (Å²) >= 11 is 0. The summed E-state index contributed by atoms with van der Waals surface area (Å²) in [4.78, 5) is 27.9. The molecule has 0 fully saturated rings. The van der Waals surface area contributed by atoms with Gasteiger partial charge in [-0.2, -0.15) is 4.98 Å². The molecule has 0 unspecified atom stereocenters. The second kappa shape index (κ2) is 8.76. The number of ether oxygens (including phenoxy) is 1. The molecule has 1 heterocycles. The Morgan fingerprint density at radius 2 is 1.86 bits per heavy atom. The van der Waals surface area contributed by atoms with Gasteiger partial charge in [0.2, 0.25) is 17.6 Å². The van der Waals surface area contributed by atoms with Crippen molar-refractivity contribution in [2.45, 2.75) is 12.8 Å². The molecule has 28 heavy (non-hydrogen) atoms. The summed E-state index contributed by atoms with van der Waals surface area (Å²) in [6.45, 7) is 0. The summed E-state index contributed by atoms with van der Waals surface area (Å²) in [6.07, 6.45) is 0.187. The molecule has 0 aliphatic rings. The van der Waals surface area contributed by atoms with Gasteiger partial charge in [0.25, 0.3) is 5.91 Å². The van der Waals surface area contributed by atoms with Gasteiger partial charge in [0, 0.05) is 18.4 Å². The molecule has 9 heteroatoms. The largest absolute Gasteiger partial charge is 0.497 e. The van der Waals surface area contributed by atoms with E-state index in [0.717, 1.165) is 11.6 Å². The van der Waals surface area contributed by atoms with Gasteiger partial charge in [-0.3, -0.25) is 20.4 Å². The first kappa shape index (κ1) is 19.0. The number of nitrogens with one attached hydrogen (secondary N) is 2. The third-order valence-corrected chi connectivity index (χ3v) is 3.82. The first-order chi connectivity index (χ1) is 13.6. The fourth-order valence-corrected chi connectivity index (χ4v) is 2.34. The van der Waals surface area contributed by atoms with Crippen molar-refractivity contribution >= 4 is 11.8 Å². The lowest BCUT2D eigenvalue weighted by atomic mass is 10.2. The van der Waals surface area contributed by atoms with E-state index in [9.17, 15) is 14.0 Å². The maximum Gasteiger partial charge on any atom is 0.272 e. The Balaban J connectivity index is 1.49. The van der Waals surface area contributed by atoms with Crippen molar-refractivity contribution < 1.29 is 23.2 Å². The Morgan fingerprint density at radius 1 is 1.11 bits per heavy atom. The highest BCUT2D eigenvalue weighted by atomic mass is 19.1. The summed E-state index contributed by atoms with van der Waals surface area (Å²) in [7, 11) is 1.57. The number of benzene rings is 2. The molecule has 0 saturated heterocycles. The minimum absolute atomic E-state index is 0.00178. The second-order valence-electron chi connectivity index (χ2n) is 5.72. The Bertz CT molecular complexity index is 972. The number of aryl methyl sites for hydroxylation is 1. The zero-order chi connectivity index (χ0) is 19.9. The number of carbonyl (C=O) groups excluding carboxylic acids is 2. The number of hydrazine groups is 1. The van der Waals surface area contributed by atoms with Crippen LogP contribution in [0.1, 0.15) is 22.7 Å². The van der Waals surface area contributed by atoms with Gasteiger partial charge in [0.1, 0.15) is 11.6 Å². The van der Waals surface area contributed by atoms with Crippen molar-refractivity contribution in [1.29, 1.82) is 0 Å². The molecule has 2 N–H and O–H groups in total. The van der Waals surface area contributed by atoms with Crippen LogP contribution < -0.4 is 15.6 Å². The van der Waals surface area contributed by atoms with Crippen molar-refractivity contribution in [3.05, 3.63) is 65.8 Å². The van der Waals surface area contributed by atoms with E-state index in [0.29, 0.717) is 11.6 Å². The van der Waals surface area contributed by atoms with Crippen LogP contribution in [0.15, 0.2) is 53.1 Å². The monoisotopic (exact) mass is 384 g/mol. The van der Waals surface area contributed by atoms with Gasteiger partial charge >= 0.3 is 0 Å². The molecule has 0 spiro atoms. The van der Waals surface area contributed by atoms with Crippen molar-refractivity contribution in [3.8, 4) is 17.1 Å². The van der Waals surface area contributed by atoms with E-state index in [1.165, 1.54) is 18.2 Å². The van der Waals surface area contributed by atoms with E-state index in [4.69, 9.17) is 9.26 Å². The number of aromatic nitrogens is 2. The molecule has 0 radical (unpaired) electrons. The third-order valence-electron chi connectivity index (χ3n) is 3.82. The molecule has 0 atom stereocenters. The van der Waals surface area contributed by atoms with Gasteiger partial charge < -0.3 is 9.26 Å². The van der Waals surface area contributed by atoms with Crippen LogP contribution in [-0.2, 0) is 11.2 Å². The molecular weight excluding hydrogens is 367 g/mol. The van der Waals surface area contributed by atoms with Crippen LogP contribution in [0.2, 0.25) is 0 Å². The van der Waals surface area contributed by atoms with E-state index in [1.807, 2.05) is 0 Å². The molecule has 0 bridgehead atoms. The molecule has 3 aromatic rings. The lowest BCUT2D eigenvalue weighted by Gasteiger charge is -2.07. The van der Waals surface area contributed by atoms with Gasteiger partial charge in [-0.25, -0.2) is 4.39 Å². The maximum absolute atomic E-state index is 13.5. The van der Waals surface area contributed by atoms with Crippen LogP contribution in [0.5, 0.6) is 5.75 Å². The predicted molar refractivity (Wildman–Crippen MR) is 96.6 cm³/mol. The highest BCUT2D eigenvalue weighted by molar-refractivity contribution is 5.95. The fraction of sp³-hybridized carbons (Fsp3) is 0.158. The van der Waals surface area contributed by atoms with Gasteiger partial charge in [-0.1, -0.05) is 17.3 Å². The summed E-state index contributed by atoms with van der Waals surface area (Å²) in [5.74, 6) is -0.514. The summed E-state index contributed by atoms with van der Waals surface area (Å²) in [5.41, 5.74) is 4.97. The zero-order valence-electron chi connectivity index (χ0n) is 14.9. The number of halogens is 1. The molecular formula is C19H17FN4O4. The number of hydrogen-bond donors (Lipinski definition) is 2. The van der Waals surface area contributed by atoms with E-state index in [2.05, 4.69) is 21.0 Å². The summed E-state index contributed by atoms with van der Waals surface area (Å²) in [5, 5.41) is 3.87. The summed E-state index contributed by atoms with van der Waals surface area (Å²) in [6, 6.07) is 12.6. The molecule has 8 nitrogen and oxygen atoms in total. The normalized spacial score (nSPS) is 10.4.